The van der Waals surface area contributed by atoms with Crippen LogP contribution in [0, 0.1) is 5.92 Å². The minimum Gasteiger partial charge on any atom is -0.381 e. The van der Waals surface area contributed by atoms with Crippen LogP contribution < -0.4 is 5.73 Å². The first-order valence-electron chi connectivity index (χ1n) is 5.09. The molecule has 2 N–H and O–H groups in total. The Labute approximate surface area is 76.5 Å². The topological polar surface area (TPSA) is 35.2 Å². The van der Waals surface area contributed by atoms with Crippen molar-refractivity contribution in [3.63, 3.8) is 0 Å². The van der Waals surface area contributed by atoms with E-state index >= 15 is 0 Å². The first-order valence-corrected chi connectivity index (χ1v) is 5.09. The summed E-state index contributed by atoms with van der Waals surface area (Å²) in [5.74, 6) is 0.711. The number of ether oxygens (including phenoxy) is 1. The van der Waals surface area contributed by atoms with E-state index < -0.39 is 0 Å². The zero-order valence-electron chi connectivity index (χ0n) is 8.51. The molecule has 0 saturated heterocycles. The molecule has 0 rings (SSSR count). The van der Waals surface area contributed by atoms with E-state index in [-0.39, 0.29) is 0 Å². The van der Waals surface area contributed by atoms with Crippen LogP contribution in [-0.2, 0) is 4.74 Å². The summed E-state index contributed by atoms with van der Waals surface area (Å²) < 4.78 is 5.45. The largest absolute Gasteiger partial charge is 0.381 e. The molecule has 74 valence electrons. The van der Waals surface area contributed by atoms with Gasteiger partial charge in [0.1, 0.15) is 0 Å². The molecule has 1 unspecified atom stereocenters. The van der Waals surface area contributed by atoms with Crippen molar-refractivity contribution in [2.45, 2.75) is 39.5 Å². The van der Waals surface area contributed by atoms with Gasteiger partial charge in [0.25, 0.3) is 0 Å². The zero-order chi connectivity index (χ0) is 9.23. The second kappa shape index (κ2) is 9.01. The predicted molar refractivity (Wildman–Crippen MR) is 53.2 cm³/mol. The van der Waals surface area contributed by atoms with Crippen LogP contribution in [0.25, 0.3) is 0 Å². The molecule has 0 bridgehead atoms. The van der Waals surface area contributed by atoms with E-state index in [1.807, 2.05) is 0 Å². The number of hydrogen-bond donors (Lipinski definition) is 1. The van der Waals surface area contributed by atoms with Crippen LogP contribution in [0.2, 0.25) is 0 Å². The van der Waals surface area contributed by atoms with Gasteiger partial charge < -0.3 is 10.5 Å². The van der Waals surface area contributed by atoms with Crippen molar-refractivity contribution in [2.75, 3.05) is 19.8 Å². The smallest absolute Gasteiger partial charge is 0.0491 e. The van der Waals surface area contributed by atoms with E-state index in [4.69, 9.17) is 10.5 Å². The molecule has 2 nitrogen and oxygen atoms in total. The average Bonchev–Trinajstić information content (AvgIpc) is 2.09. The third-order valence-electron chi connectivity index (χ3n) is 1.95. The molecular formula is C10H23NO. The quantitative estimate of drug-likeness (QED) is 0.571. The van der Waals surface area contributed by atoms with Crippen LogP contribution >= 0.6 is 0 Å². The Bertz CT molecular complexity index is 85.9. The predicted octanol–water partition coefficient (Wildman–Crippen LogP) is 2.18. The molecule has 0 amide bonds. The van der Waals surface area contributed by atoms with Gasteiger partial charge in [0.05, 0.1) is 0 Å². The molecule has 1 atom stereocenters. The maximum Gasteiger partial charge on any atom is 0.0491 e. The summed E-state index contributed by atoms with van der Waals surface area (Å²) in [4.78, 5) is 0. The maximum absolute atomic E-state index is 5.45. The number of rotatable bonds is 8. The molecule has 2 heteroatoms. The minimum atomic E-state index is 0.711. The normalized spacial score (nSPS) is 13.2. The highest BCUT2D eigenvalue weighted by atomic mass is 16.5. The van der Waals surface area contributed by atoms with Crippen LogP contribution in [-0.4, -0.2) is 19.8 Å². The van der Waals surface area contributed by atoms with Gasteiger partial charge >= 0.3 is 0 Å². The van der Waals surface area contributed by atoms with Crippen molar-refractivity contribution in [3.05, 3.63) is 0 Å². The molecule has 0 spiro atoms. The van der Waals surface area contributed by atoms with E-state index in [9.17, 15) is 0 Å². The highest BCUT2D eigenvalue weighted by Crippen LogP contribution is 2.07. The molecule has 0 aliphatic carbocycles. The van der Waals surface area contributed by atoms with Crippen LogP contribution in [0.4, 0.5) is 0 Å². The third-order valence-corrected chi connectivity index (χ3v) is 1.95. The van der Waals surface area contributed by atoms with E-state index in [2.05, 4.69) is 13.8 Å². The minimum absolute atomic E-state index is 0.711. The van der Waals surface area contributed by atoms with Crippen molar-refractivity contribution in [2.24, 2.45) is 11.7 Å². The van der Waals surface area contributed by atoms with Gasteiger partial charge in [-0.25, -0.2) is 0 Å². The Morgan fingerprint density at radius 3 is 2.67 bits per heavy atom. The fourth-order valence-electron chi connectivity index (χ4n) is 1.11. The van der Waals surface area contributed by atoms with Crippen LogP contribution in [0.15, 0.2) is 0 Å². The van der Waals surface area contributed by atoms with Gasteiger partial charge in [-0.15, -0.1) is 0 Å². The van der Waals surface area contributed by atoms with Crippen molar-refractivity contribution in [1.82, 2.24) is 0 Å². The van der Waals surface area contributed by atoms with Crippen molar-refractivity contribution in [1.29, 1.82) is 0 Å². The number of nitrogens with two attached hydrogens (primary N) is 1. The van der Waals surface area contributed by atoms with Gasteiger partial charge in [-0.2, -0.15) is 0 Å². The van der Waals surface area contributed by atoms with Crippen molar-refractivity contribution in [3.8, 4) is 0 Å². The summed E-state index contributed by atoms with van der Waals surface area (Å²) in [6.07, 6.45) is 4.88. The second-order valence-corrected chi connectivity index (χ2v) is 3.46. The van der Waals surface area contributed by atoms with E-state index in [0.29, 0.717) is 5.92 Å². The monoisotopic (exact) mass is 173 g/mol. The first kappa shape index (κ1) is 11.9. The molecular weight excluding hydrogens is 150 g/mol. The van der Waals surface area contributed by atoms with Crippen LogP contribution in [0.5, 0.6) is 0 Å². The number of hydrogen-bond acceptors (Lipinski definition) is 2. The Morgan fingerprint density at radius 2 is 2.08 bits per heavy atom. The molecule has 0 aromatic heterocycles. The highest BCUT2D eigenvalue weighted by Gasteiger charge is 2.00. The molecule has 0 aliphatic heterocycles. The van der Waals surface area contributed by atoms with Gasteiger partial charge in [-0.3, -0.25) is 0 Å². The SMILES string of the molecule is CCCCC(C)COCCCN. The molecule has 12 heavy (non-hydrogen) atoms. The molecule has 0 heterocycles. The van der Waals surface area contributed by atoms with E-state index in [1.165, 1.54) is 19.3 Å². The summed E-state index contributed by atoms with van der Waals surface area (Å²) in [6.45, 7) is 6.94. The summed E-state index contributed by atoms with van der Waals surface area (Å²) in [5, 5.41) is 0. The lowest BCUT2D eigenvalue weighted by Crippen LogP contribution is -2.09. The maximum atomic E-state index is 5.45. The van der Waals surface area contributed by atoms with Crippen molar-refractivity contribution >= 4 is 0 Å². The fourth-order valence-corrected chi connectivity index (χ4v) is 1.11. The van der Waals surface area contributed by atoms with Gasteiger partial charge in [0, 0.05) is 13.2 Å². The van der Waals surface area contributed by atoms with Crippen LogP contribution in [0.1, 0.15) is 39.5 Å². The number of unbranched alkanes of at least 4 members (excludes halogenated alkanes) is 1. The standard InChI is InChI=1S/C10H23NO/c1-3-4-6-10(2)9-12-8-5-7-11/h10H,3-9,11H2,1-2H3. The summed E-state index contributed by atoms with van der Waals surface area (Å²) >= 11 is 0. The van der Waals surface area contributed by atoms with Gasteiger partial charge in [-0.05, 0) is 25.3 Å². The summed E-state index contributed by atoms with van der Waals surface area (Å²) in [7, 11) is 0. The lowest BCUT2D eigenvalue weighted by Gasteiger charge is -2.10. The van der Waals surface area contributed by atoms with Gasteiger partial charge in [-0.1, -0.05) is 26.7 Å². The van der Waals surface area contributed by atoms with E-state index in [0.717, 1.165) is 26.2 Å². The Balaban J connectivity index is 3.02. The lowest BCUT2D eigenvalue weighted by atomic mass is 10.1. The van der Waals surface area contributed by atoms with E-state index in [1.54, 1.807) is 0 Å². The van der Waals surface area contributed by atoms with Gasteiger partial charge in [0.15, 0.2) is 0 Å². The molecule has 0 fully saturated rings. The average molecular weight is 173 g/mol. The highest BCUT2D eigenvalue weighted by molar-refractivity contribution is 4.50. The third kappa shape index (κ3) is 8.02. The van der Waals surface area contributed by atoms with Gasteiger partial charge in [0.2, 0.25) is 0 Å². The van der Waals surface area contributed by atoms with Crippen molar-refractivity contribution < 1.29 is 4.74 Å². The zero-order valence-corrected chi connectivity index (χ0v) is 8.51. The summed E-state index contributed by atoms with van der Waals surface area (Å²) in [5.41, 5.74) is 5.35. The second-order valence-electron chi connectivity index (χ2n) is 3.46. The van der Waals surface area contributed by atoms with Crippen LogP contribution in [0.3, 0.4) is 0 Å². The molecule has 0 radical (unpaired) electrons. The molecule has 0 aromatic carbocycles. The fraction of sp³-hybridized carbons (Fsp3) is 1.00. The molecule has 0 saturated carbocycles. The Morgan fingerprint density at radius 1 is 1.33 bits per heavy atom. The molecule has 0 aliphatic rings. The summed E-state index contributed by atoms with van der Waals surface area (Å²) in [6, 6.07) is 0. The Hall–Kier alpha value is -0.0800. The lowest BCUT2D eigenvalue weighted by molar-refractivity contribution is 0.100. The Kier molecular flexibility index (Phi) is 8.95. The first-order chi connectivity index (χ1) is 5.81. The molecule has 0 aromatic rings.